The Morgan fingerprint density at radius 1 is 1.65 bits per heavy atom. The molecule has 1 aliphatic heterocycles. The number of carbonyl (C=O) groups excluding carboxylic acids is 2. The Morgan fingerprint density at radius 2 is 2.45 bits per heavy atom. The highest BCUT2D eigenvalue weighted by Gasteiger charge is 2.33. The highest BCUT2D eigenvalue weighted by Crippen LogP contribution is 2.21. The van der Waals surface area contributed by atoms with E-state index in [9.17, 15) is 9.59 Å². The summed E-state index contributed by atoms with van der Waals surface area (Å²) in [7, 11) is 0. The molecule has 2 unspecified atom stereocenters. The summed E-state index contributed by atoms with van der Waals surface area (Å²) in [5, 5.41) is 5.14. The van der Waals surface area contributed by atoms with E-state index in [1.807, 2.05) is 6.92 Å². The summed E-state index contributed by atoms with van der Waals surface area (Å²) in [6.45, 7) is 2.53. The van der Waals surface area contributed by atoms with E-state index in [0.29, 0.717) is 30.9 Å². The molecule has 1 fully saturated rings. The Bertz CT molecular complexity index is 461. The van der Waals surface area contributed by atoms with Crippen LogP contribution in [0.25, 0.3) is 0 Å². The number of nitrogens with zero attached hydrogens (tertiary/aromatic N) is 2. The Morgan fingerprint density at radius 3 is 3.10 bits per heavy atom. The number of likely N-dealkylation sites (tertiary alicyclic amines) is 1. The van der Waals surface area contributed by atoms with Crippen LogP contribution in [0.5, 0.6) is 0 Å². The molecule has 3 N–H and O–H groups in total. The summed E-state index contributed by atoms with van der Waals surface area (Å²) in [4.78, 5) is 30.0. The standard InChI is InChI=1S/C13H20N4O2S/c1-9(14)4-5-11(18)17-7-2-3-10(17)12(19)16-13-15-6-8-20-13/h6,8-10H,2-5,7,14H2,1H3,(H,15,16,19). The Hall–Kier alpha value is -1.47. The molecule has 0 spiro atoms. The van der Waals surface area contributed by atoms with Crippen LogP contribution >= 0.6 is 11.3 Å². The lowest BCUT2D eigenvalue weighted by Gasteiger charge is -2.23. The molecule has 1 aromatic rings. The van der Waals surface area contributed by atoms with Gasteiger partial charge in [-0.05, 0) is 26.2 Å². The topological polar surface area (TPSA) is 88.3 Å². The number of hydrogen-bond acceptors (Lipinski definition) is 5. The van der Waals surface area contributed by atoms with Crippen LogP contribution in [0.3, 0.4) is 0 Å². The van der Waals surface area contributed by atoms with Crippen LogP contribution in [0.1, 0.15) is 32.6 Å². The van der Waals surface area contributed by atoms with Crippen LogP contribution in [0.2, 0.25) is 0 Å². The maximum atomic E-state index is 12.2. The molecule has 0 saturated carbocycles. The lowest BCUT2D eigenvalue weighted by Crippen LogP contribution is -2.43. The third kappa shape index (κ3) is 3.77. The van der Waals surface area contributed by atoms with Gasteiger partial charge in [-0.25, -0.2) is 4.98 Å². The molecule has 0 aliphatic carbocycles. The number of hydrogen-bond donors (Lipinski definition) is 2. The number of thiazole rings is 1. The van der Waals surface area contributed by atoms with Crippen LogP contribution < -0.4 is 11.1 Å². The van der Waals surface area contributed by atoms with Gasteiger partial charge in [0.05, 0.1) is 0 Å². The second kappa shape index (κ2) is 6.81. The third-order valence-corrected chi connectivity index (χ3v) is 4.04. The van der Waals surface area contributed by atoms with Gasteiger partial charge in [-0.15, -0.1) is 11.3 Å². The molecule has 110 valence electrons. The molecule has 0 bridgehead atoms. The van der Waals surface area contributed by atoms with E-state index in [2.05, 4.69) is 10.3 Å². The van der Waals surface area contributed by atoms with E-state index < -0.39 is 0 Å². The third-order valence-electron chi connectivity index (χ3n) is 3.35. The smallest absolute Gasteiger partial charge is 0.248 e. The first-order chi connectivity index (χ1) is 9.58. The fourth-order valence-electron chi connectivity index (χ4n) is 2.31. The van der Waals surface area contributed by atoms with Crippen molar-refractivity contribution in [2.75, 3.05) is 11.9 Å². The van der Waals surface area contributed by atoms with E-state index in [1.165, 1.54) is 11.3 Å². The van der Waals surface area contributed by atoms with Crippen molar-refractivity contribution in [3.05, 3.63) is 11.6 Å². The number of rotatable bonds is 5. The summed E-state index contributed by atoms with van der Waals surface area (Å²) in [5.74, 6) is -0.134. The molecule has 1 saturated heterocycles. The average molecular weight is 296 g/mol. The number of carbonyl (C=O) groups is 2. The van der Waals surface area contributed by atoms with E-state index in [0.717, 1.165) is 6.42 Å². The lowest BCUT2D eigenvalue weighted by atomic mass is 10.1. The molecular formula is C13H20N4O2S. The first-order valence-corrected chi connectivity index (χ1v) is 7.71. The molecule has 1 aromatic heterocycles. The first-order valence-electron chi connectivity index (χ1n) is 6.83. The van der Waals surface area contributed by atoms with Crippen LogP contribution in [-0.4, -0.2) is 40.3 Å². The Labute approximate surface area is 122 Å². The highest BCUT2D eigenvalue weighted by molar-refractivity contribution is 7.13. The minimum Gasteiger partial charge on any atom is -0.331 e. The van der Waals surface area contributed by atoms with Crippen molar-refractivity contribution in [3.8, 4) is 0 Å². The molecule has 2 heterocycles. The summed E-state index contributed by atoms with van der Waals surface area (Å²) >= 11 is 1.37. The molecule has 6 nitrogen and oxygen atoms in total. The zero-order valence-corrected chi connectivity index (χ0v) is 12.4. The van der Waals surface area contributed by atoms with E-state index in [1.54, 1.807) is 16.5 Å². The van der Waals surface area contributed by atoms with Crippen LogP contribution in [0, 0.1) is 0 Å². The fourth-order valence-corrected chi connectivity index (χ4v) is 2.84. The van der Waals surface area contributed by atoms with Crippen molar-refractivity contribution in [2.45, 2.75) is 44.7 Å². The van der Waals surface area contributed by atoms with Gasteiger partial charge in [0.25, 0.3) is 0 Å². The van der Waals surface area contributed by atoms with Gasteiger partial charge >= 0.3 is 0 Å². The average Bonchev–Trinajstić information content (AvgIpc) is 3.05. The minimum atomic E-state index is -0.375. The monoisotopic (exact) mass is 296 g/mol. The van der Waals surface area contributed by atoms with Crippen molar-refractivity contribution < 1.29 is 9.59 Å². The second-order valence-electron chi connectivity index (χ2n) is 5.09. The quantitative estimate of drug-likeness (QED) is 0.854. The second-order valence-corrected chi connectivity index (χ2v) is 5.98. The van der Waals surface area contributed by atoms with Crippen molar-refractivity contribution in [1.29, 1.82) is 0 Å². The zero-order valence-electron chi connectivity index (χ0n) is 11.5. The van der Waals surface area contributed by atoms with Gasteiger partial charge in [0.2, 0.25) is 11.8 Å². The molecule has 0 radical (unpaired) electrons. The normalized spacial score (nSPS) is 19.9. The zero-order chi connectivity index (χ0) is 14.5. The van der Waals surface area contributed by atoms with Crippen LogP contribution in [0.4, 0.5) is 5.13 Å². The summed E-state index contributed by atoms with van der Waals surface area (Å²) < 4.78 is 0. The molecule has 2 amide bonds. The van der Waals surface area contributed by atoms with Gasteiger partial charge < -0.3 is 16.0 Å². The van der Waals surface area contributed by atoms with Crippen molar-refractivity contribution in [1.82, 2.24) is 9.88 Å². The predicted octanol–water partition coefficient (Wildman–Crippen LogP) is 1.20. The van der Waals surface area contributed by atoms with Gasteiger partial charge in [-0.2, -0.15) is 0 Å². The summed E-state index contributed by atoms with van der Waals surface area (Å²) in [5.41, 5.74) is 5.67. The van der Waals surface area contributed by atoms with Gasteiger partial charge in [0.15, 0.2) is 5.13 Å². The SMILES string of the molecule is CC(N)CCC(=O)N1CCCC1C(=O)Nc1nccs1. The van der Waals surface area contributed by atoms with Crippen LogP contribution in [-0.2, 0) is 9.59 Å². The number of nitrogens with one attached hydrogen (secondary N) is 1. The molecule has 7 heteroatoms. The van der Waals surface area contributed by atoms with Gasteiger partial charge in [0, 0.05) is 30.6 Å². The van der Waals surface area contributed by atoms with E-state index in [-0.39, 0.29) is 23.9 Å². The van der Waals surface area contributed by atoms with E-state index >= 15 is 0 Å². The predicted molar refractivity (Wildman–Crippen MR) is 78.4 cm³/mol. The number of anilines is 1. The lowest BCUT2D eigenvalue weighted by molar-refractivity contribution is -0.136. The fraction of sp³-hybridized carbons (Fsp3) is 0.615. The van der Waals surface area contributed by atoms with Crippen molar-refractivity contribution in [2.24, 2.45) is 5.73 Å². The number of nitrogens with two attached hydrogens (primary N) is 1. The molecule has 2 rings (SSSR count). The molecule has 20 heavy (non-hydrogen) atoms. The number of amides is 2. The largest absolute Gasteiger partial charge is 0.331 e. The van der Waals surface area contributed by atoms with Crippen molar-refractivity contribution in [3.63, 3.8) is 0 Å². The molecule has 1 aliphatic rings. The van der Waals surface area contributed by atoms with Crippen LogP contribution in [0.15, 0.2) is 11.6 Å². The molecule has 2 atom stereocenters. The molecular weight excluding hydrogens is 276 g/mol. The van der Waals surface area contributed by atoms with Gasteiger partial charge in [-0.3, -0.25) is 9.59 Å². The maximum absolute atomic E-state index is 12.2. The summed E-state index contributed by atoms with van der Waals surface area (Å²) in [6.07, 6.45) is 4.26. The molecule has 0 aromatic carbocycles. The first kappa shape index (κ1) is 14.9. The summed E-state index contributed by atoms with van der Waals surface area (Å²) in [6, 6.07) is -0.372. The number of aromatic nitrogens is 1. The minimum absolute atomic E-state index is 0.00384. The van der Waals surface area contributed by atoms with E-state index in [4.69, 9.17) is 5.73 Å². The van der Waals surface area contributed by atoms with Gasteiger partial charge in [-0.1, -0.05) is 0 Å². The van der Waals surface area contributed by atoms with Gasteiger partial charge in [0.1, 0.15) is 6.04 Å². The highest BCUT2D eigenvalue weighted by atomic mass is 32.1. The Kier molecular flexibility index (Phi) is 5.08. The Balaban J connectivity index is 1.92. The van der Waals surface area contributed by atoms with Crippen molar-refractivity contribution >= 4 is 28.3 Å². The maximum Gasteiger partial charge on any atom is 0.248 e.